The summed E-state index contributed by atoms with van der Waals surface area (Å²) < 4.78 is 35.7. The third-order valence-electron chi connectivity index (χ3n) is 6.58. The second kappa shape index (κ2) is 10.2. The van der Waals surface area contributed by atoms with Crippen LogP contribution in [-0.4, -0.2) is 38.5 Å². The van der Waals surface area contributed by atoms with Crippen LogP contribution in [0.25, 0.3) is 10.2 Å². The van der Waals surface area contributed by atoms with Crippen LogP contribution >= 0.6 is 11.3 Å². The SMILES string of the molecule is COC(=O)Cn1c(=NC(=O)c2ccc(S(=O)(=O)N3CCCc4ccccc43)cc2)sc2c(C)cc(C)cc21. The summed E-state index contributed by atoms with van der Waals surface area (Å²) in [4.78, 5) is 30.0. The highest BCUT2D eigenvalue weighted by Gasteiger charge is 2.29. The Balaban J connectivity index is 1.49. The lowest BCUT2D eigenvalue weighted by molar-refractivity contribution is -0.141. The summed E-state index contributed by atoms with van der Waals surface area (Å²) in [6.07, 6.45) is 1.58. The second-order valence-corrected chi connectivity index (χ2v) is 12.1. The fraction of sp³-hybridized carbons (Fsp3) is 0.250. The molecule has 4 aromatic rings. The van der Waals surface area contributed by atoms with E-state index in [1.165, 1.54) is 47.0 Å². The Morgan fingerprint density at radius 2 is 1.79 bits per heavy atom. The number of aryl methyl sites for hydroxylation is 3. The summed E-state index contributed by atoms with van der Waals surface area (Å²) in [5.74, 6) is -0.983. The van der Waals surface area contributed by atoms with Crippen LogP contribution < -0.4 is 9.11 Å². The molecule has 38 heavy (non-hydrogen) atoms. The van der Waals surface area contributed by atoms with Gasteiger partial charge in [0.1, 0.15) is 6.54 Å². The molecule has 0 spiro atoms. The highest BCUT2D eigenvalue weighted by molar-refractivity contribution is 7.92. The molecule has 0 aliphatic carbocycles. The van der Waals surface area contributed by atoms with Gasteiger partial charge in [0.05, 0.1) is 27.9 Å². The first kappa shape index (κ1) is 25.9. The number of nitrogens with zero attached hydrogens (tertiary/aromatic N) is 3. The number of carbonyl (C=O) groups excluding carboxylic acids is 2. The van der Waals surface area contributed by atoms with Crippen LogP contribution in [0.15, 0.2) is 70.6 Å². The summed E-state index contributed by atoms with van der Waals surface area (Å²) >= 11 is 1.32. The van der Waals surface area contributed by atoms with Crippen LogP contribution in [0.2, 0.25) is 0 Å². The van der Waals surface area contributed by atoms with E-state index in [0.29, 0.717) is 17.0 Å². The van der Waals surface area contributed by atoms with Gasteiger partial charge in [-0.1, -0.05) is 35.6 Å². The smallest absolute Gasteiger partial charge is 0.325 e. The van der Waals surface area contributed by atoms with Crippen molar-refractivity contribution in [2.24, 2.45) is 4.99 Å². The fourth-order valence-electron chi connectivity index (χ4n) is 4.74. The number of esters is 1. The lowest BCUT2D eigenvalue weighted by atomic mass is 10.0. The molecule has 5 rings (SSSR count). The van der Waals surface area contributed by atoms with Crippen molar-refractivity contribution < 1.29 is 22.7 Å². The maximum absolute atomic E-state index is 13.4. The lowest BCUT2D eigenvalue weighted by Gasteiger charge is -2.30. The van der Waals surface area contributed by atoms with E-state index in [4.69, 9.17) is 4.74 Å². The number of benzene rings is 3. The molecular weight excluding hydrogens is 522 g/mol. The Hall–Kier alpha value is -3.76. The first-order valence-electron chi connectivity index (χ1n) is 12.2. The average Bonchev–Trinajstić information content (AvgIpc) is 3.24. The quantitative estimate of drug-likeness (QED) is 0.344. The van der Waals surface area contributed by atoms with Crippen LogP contribution in [0, 0.1) is 13.8 Å². The van der Waals surface area contributed by atoms with Crippen molar-refractivity contribution in [3.63, 3.8) is 0 Å². The third-order valence-corrected chi connectivity index (χ3v) is 9.64. The van der Waals surface area contributed by atoms with Gasteiger partial charge in [-0.25, -0.2) is 8.42 Å². The molecule has 0 N–H and O–H groups in total. The normalized spacial score (nSPS) is 14.0. The van der Waals surface area contributed by atoms with Gasteiger partial charge < -0.3 is 9.30 Å². The van der Waals surface area contributed by atoms with Crippen molar-refractivity contribution in [3.05, 3.63) is 87.7 Å². The minimum atomic E-state index is -3.79. The zero-order valence-corrected chi connectivity index (χ0v) is 22.9. The molecule has 1 aliphatic rings. The van der Waals surface area contributed by atoms with Crippen LogP contribution in [0.3, 0.4) is 0 Å². The van der Waals surface area contributed by atoms with E-state index in [1.807, 2.05) is 50.2 Å². The molecule has 0 saturated carbocycles. The van der Waals surface area contributed by atoms with E-state index < -0.39 is 21.9 Å². The number of anilines is 1. The van der Waals surface area contributed by atoms with Gasteiger partial charge in [0.15, 0.2) is 4.80 Å². The van der Waals surface area contributed by atoms with E-state index in [2.05, 4.69) is 4.99 Å². The van der Waals surface area contributed by atoms with Gasteiger partial charge in [0.2, 0.25) is 0 Å². The van der Waals surface area contributed by atoms with Gasteiger partial charge in [-0.3, -0.25) is 13.9 Å². The van der Waals surface area contributed by atoms with E-state index in [1.54, 1.807) is 4.57 Å². The Labute approximate surface area is 224 Å². The molecule has 0 bridgehead atoms. The number of rotatable bonds is 5. The number of aromatic nitrogens is 1. The number of fused-ring (bicyclic) bond motifs is 2. The summed E-state index contributed by atoms with van der Waals surface area (Å²) in [5, 5.41) is 0. The molecule has 1 aliphatic heterocycles. The maximum atomic E-state index is 13.4. The monoisotopic (exact) mass is 549 g/mol. The van der Waals surface area contributed by atoms with Crippen molar-refractivity contribution in [3.8, 4) is 0 Å². The Kier molecular flexibility index (Phi) is 6.93. The topological polar surface area (TPSA) is 98.0 Å². The van der Waals surface area contributed by atoms with E-state index in [0.717, 1.165) is 39.7 Å². The van der Waals surface area contributed by atoms with E-state index >= 15 is 0 Å². The molecule has 0 unspecified atom stereocenters. The number of carbonyl (C=O) groups is 2. The van der Waals surface area contributed by atoms with E-state index in [-0.39, 0.29) is 17.0 Å². The molecule has 1 amide bonds. The van der Waals surface area contributed by atoms with Crippen LogP contribution in [0.5, 0.6) is 0 Å². The highest BCUT2D eigenvalue weighted by atomic mass is 32.2. The average molecular weight is 550 g/mol. The number of sulfonamides is 1. The number of thiazole rings is 1. The summed E-state index contributed by atoms with van der Waals surface area (Å²) in [7, 11) is -2.47. The minimum absolute atomic E-state index is 0.0833. The first-order valence-corrected chi connectivity index (χ1v) is 14.4. The van der Waals surface area contributed by atoms with Crippen molar-refractivity contribution in [2.75, 3.05) is 18.0 Å². The predicted octanol–water partition coefficient (Wildman–Crippen LogP) is 4.38. The van der Waals surface area contributed by atoms with Crippen molar-refractivity contribution in [1.29, 1.82) is 0 Å². The van der Waals surface area contributed by atoms with Crippen molar-refractivity contribution in [1.82, 2.24) is 4.57 Å². The number of ether oxygens (including phenoxy) is 1. The summed E-state index contributed by atoms with van der Waals surface area (Å²) in [6.45, 7) is 4.26. The van der Waals surface area contributed by atoms with Gasteiger partial charge in [-0.2, -0.15) is 4.99 Å². The number of para-hydroxylation sites is 1. The molecule has 1 aromatic heterocycles. The van der Waals surface area contributed by atoms with Crippen molar-refractivity contribution in [2.45, 2.75) is 38.1 Å². The van der Waals surface area contributed by atoms with Gasteiger partial charge >= 0.3 is 5.97 Å². The van der Waals surface area contributed by atoms with Gasteiger partial charge in [0.25, 0.3) is 15.9 Å². The standard InChI is InChI=1S/C28H27N3O5S2/c1-18-15-19(2)26-24(16-18)30(17-25(32)36-3)28(37-26)29-27(33)21-10-12-22(13-11-21)38(34,35)31-14-6-8-20-7-4-5-9-23(20)31/h4-5,7,9-13,15-16H,6,8,14,17H2,1-3H3. The van der Waals surface area contributed by atoms with E-state index in [9.17, 15) is 18.0 Å². The molecule has 0 radical (unpaired) electrons. The van der Waals surface area contributed by atoms with Gasteiger partial charge in [-0.05, 0) is 79.8 Å². The van der Waals surface area contributed by atoms with Crippen LogP contribution in [-0.2, 0) is 32.5 Å². The molecule has 10 heteroatoms. The highest BCUT2D eigenvalue weighted by Crippen LogP contribution is 2.32. The lowest BCUT2D eigenvalue weighted by Crippen LogP contribution is -2.35. The molecule has 0 atom stereocenters. The third kappa shape index (κ3) is 4.77. The summed E-state index contributed by atoms with van der Waals surface area (Å²) in [6, 6.07) is 17.3. The minimum Gasteiger partial charge on any atom is -0.468 e. The Morgan fingerprint density at radius 3 is 2.53 bits per heavy atom. The summed E-state index contributed by atoms with van der Waals surface area (Å²) in [5.41, 5.74) is 4.79. The molecule has 196 valence electrons. The largest absolute Gasteiger partial charge is 0.468 e. The first-order chi connectivity index (χ1) is 18.2. The molecule has 3 aromatic carbocycles. The molecule has 8 nitrogen and oxygen atoms in total. The Morgan fingerprint density at radius 1 is 1.05 bits per heavy atom. The van der Waals surface area contributed by atoms with Crippen LogP contribution in [0.4, 0.5) is 5.69 Å². The van der Waals surface area contributed by atoms with Gasteiger partial charge in [-0.15, -0.1) is 0 Å². The maximum Gasteiger partial charge on any atom is 0.325 e. The van der Waals surface area contributed by atoms with Crippen LogP contribution in [0.1, 0.15) is 33.5 Å². The predicted molar refractivity (Wildman–Crippen MR) is 147 cm³/mol. The molecule has 2 heterocycles. The molecule has 0 fully saturated rings. The number of methoxy groups -OCH3 is 1. The molecular formula is C28H27N3O5S2. The number of hydrogen-bond donors (Lipinski definition) is 0. The van der Waals surface area contributed by atoms with Gasteiger partial charge in [0, 0.05) is 12.1 Å². The molecule has 0 saturated heterocycles. The Bertz CT molecular complexity index is 1730. The zero-order chi connectivity index (χ0) is 27.0. The number of amides is 1. The fourth-order valence-corrected chi connectivity index (χ4v) is 7.36. The number of hydrogen-bond acceptors (Lipinski definition) is 6. The van der Waals surface area contributed by atoms with Crippen molar-refractivity contribution >= 4 is 49.1 Å². The zero-order valence-electron chi connectivity index (χ0n) is 21.3. The second-order valence-electron chi connectivity index (χ2n) is 9.23.